The van der Waals surface area contributed by atoms with Gasteiger partial charge in [0.2, 0.25) is 0 Å². The molecule has 3 heteroatoms. The topological polar surface area (TPSA) is 17.8 Å². The molecule has 1 aromatic heterocycles. The molecule has 1 aliphatic rings. The van der Waals surface area contributed by atoms with Crippen LogP contribution in [0.1, 0.15) is 12.8 Å². The van der Waals surface area contributed by atoms with Crippen LogP contribution in [0.25, 0.3) is 0 Å². The second-order valence-corrected chi connectivity index (χ2v) is 3.62. The Kier molecular flexibility index (Phi) is 1.52. The monoisotopic (exact) mass is 200 g/mol. The van der Waals surface area contributed by atoms with Gasteiger partial charge in [-0.1, -0.05) is 0 Å². The Bertz CT molecular complexity index is 227. The fraction of sp³-hybridized carbons (Fsp3) is 0.571. The Morgan fingerprint density at radius 2 is 2.50 bits per heavy atom. The van der Waals surface area contributed by atoms with Crippen LogP contribution in [0.4, 0.5) is 0 Å². The van der Waals surface area contributed by atoms with Crippen LogP contribution < -0.4 is 0 Å². The molecule has 0 amide bonds. The lowest BCUT2D eigenvalue weighted by molar-refractivity contribution is 0.560. The summed E-state index contributed by atoms with van der Waals surface area (Å²) in [5.74, 6) is 0.909. The molecular formula is C7H9BrN2. The number of hydrogen-bond acceptors (Lipinski definition) is 1. The molecule has 1 heterocycles. The average molecular weight is 201 g/mol. The molecule has 1 aromatic rings. The molecule has 0 atom stereocenters. The van der Waals surface area contributed by atoms with Crippen LogP contribution in [0.2, 0.25) is 0 Å². The van der Waals surface area contributed by atoms with Gasteiger partial charge in [0, 0.05) is 12.7 Å². The minimum Gasteiger partial charge on any atom is -0.271 e. The molecule has 10 heavy (non-hydrogen) atoms. The van der Waals surface area contributed by atoms with Crippen molar-refractivity contribution in [2.24, 2.45) is 5.92 Å². The highest BCUT2D eigenvalue weighted by molar-refractivity contribution is 9.10. The van der Waals surface area contributed by atoms with Crippen molar-refractivity contribution < 1.29 is 0 Å². The van der Waals surface area contributed by atoms with Crippen molar-refractivity contribution in [1.29, 1.82) is 0 Å². The summed E-state index contributed by atoms with van der Waals surface area (Å²) in [6, 6.07) is 1.97. The molecule has 1 aliphatic carbocycles. The second-order valence-electron chi connectivity index (χ2n) is 2.80. The van der Waals surface area contributed by atoms with Gasteiger partial charge in [0.1, 0.15) is 4.60 Å². The Morgan fingerprint density at radius 3 is 3.00 bits per heavy atom. The summed E-state index contributed by atoms with van der Waals surface area (Å²) in [6.07, 6.45) is 4.79. The number of nitrogens with zero attached hydrogens (tertiary/aromatic N) is 2. The highest BCUT2D eigenvalue weighted by Crippen LogP contribution is 2.30. The van der Waals surface area contributed by atoms with E-state index in [2.05, 4.69) is 21.0 Å². The molecular weight excluding hydrogens is 192 g/mol. The van der Waals surface area contributed by atoms with Crippen LogP contribution in [0.3, 0.4) is 0 Å². The van der Waals surface area contributed by atoms with Crippen molar-refractivity contribution in [2.45, 2.75) is 19.4 Å². The molecule has 1 fully saturated rings. The van der Waals surface area contributed by atoms with E-state index in [4.69, 9.17) is 0 Å². The second kappa shape index (κ2) is 2.38. The van der Waals surface area contributed by atoms with Gasteiger partial charge in [-0.3, -0.25) is 4.68 Å². The van der Waals surface area contributed by atoms with Crippen molar-refractivity contribution >= 4 is 15.9 Å². The van der Waals surface area contributed by atoms with Gasteiger partial charge in [0.25, 0.3) is 0 Å². The minimum absolute atomic E-state index is 0.909. The third-order valence-corrected chi connectivity index (χ3v) is 2.17. The van der Waals surface area contributed by atoms with Crippen molar-refractivity contribution in [1.82, 2.24) is 9.78 Å². The Balaban J connectivity index is 2.03. The molecule has 0 saturated heterocycles. The lowest BCUT2D eigenvalue weighted by atomic mass is 10.4. The van der Waals surface area contributed by atoms with E-state index >= 15 is 0 Å². The van der Waals surface area contributed by atoms with Crippen molar-refractivity contribution in [2.75, 3.05) is 0 Å². The molecule has 0 unspecified atom stereocenters. The Hall–Kier alpha value is -0.310. The van der Waals surface area contributed by atoms with Gasteiger partial charge in [-0.15, -0.1) is 0 Å². The van der Waals surface area contributed by atoms with Gasteiger partial charge in [0.05, 0.1) is 0 Å². The third-order valence-electron chi connectivity index (χ3n) is 1.75. The zero-order valence-electron chi connectivity index (χ0n) is 5.63. The van der Waals surface area contributed by atoms with E-state index in [1.165, 1.54) is 12.8 Å². The summed E-state index contributed by atoms with van der Waals surface area (Å²) in [5, 5.41) is 4.22. The Labute approximate surface area is 68.4 Å². The summed E-state index contributed by atoms with van der Waals surface area (Å²) >= 11 is 3.31. The van der Waals surface area contributed by atoms with E-state index in [0.717, 1.165) is 17.1 Å². The lowest BCUT2D eigenvalue weighted by Gasteiger charge is -1.95. The molecule has 0 aliphatic heterocycles. The maximum atomic E-state index is 4.22. The highest BCUT2D eigenvalue weighted by Gasteiger charge is 2.21. The molecule has 0 bridgehead atoms. The van der Waals surface area contributed by atoms with Crippen LogP contribution in [-0.4, -0.2) is 9.78 Å². The summed E-state index contributed by atoms with van der Waals surface area (Å²) in [4.78, 5) is 0. The molecule has 0 spiro atoms. The maximum absolute atomic E-state index is 4.22. The first-order valence-corrected chi connectivity index (χ1v) is 4.33. The van der Waals surface area contributed by atoms with E-state index in [1.807, 2.05) is 16.9 Å². The lowest BCUT2D eigenvalue weighted by Crippen LogP contribution is -1.99. The zero-order valence-corrected chi connectivity index (χ0v) is 7.21. The normalized spacial score (nSPS) is 17.7. The SMILES string of the molecule is Brc1ccn(CC2CC2)n1. The highest BCUT2D eigenvalue weighted by atomic mass is 79.9. The third kappa shape index (κ3) is 1.40. The standard InChI is InChI=1S/C7H9BrN2/c8-7-3-4-10(9-7)5-6-1-2-6/h3-4,6H,1-2,5H2. The van der Waals surface area contributed by atoms with Gasteiger partial charge < -0.3 is 0 Å². The van der Waals surface area contributed by atoms with Crippen molar-refractivity contribution in [3.63, 3.8) is 0 Å². The van der Waals surface area contributed by atoms with Crippen molar-refractivity contribution in [3.05, 3.63) is 16.9 Å². The first kappa shape index (κ1) is 6.40. The first-order valence-electron chi connectivity index (χ1n) is 3.53. The number of hydrogen-bond donors (Lipinski definition) is 0. The first-order chi connectivity index (χ1) is 4.84. The van der Waals surface area contributed by atoms with Crippen LogP contribution >= 0.6 is 15.9 Å². The van der Waals surface area contributed by atoms with Crippen molar-refractivity contribution in [3.8, 4) is 0 Å². The van der Waals surface area contributed by atoms with Gasteiger partial charge >= 0.3 is 0 Å². The molecule has 54 valence electrons. The van der Waals surface area contributed by atoms with Crippen LogP contribution in [0.5, 0.6) is 0 Å². The predicted molar refractivity (Wildman–Crippen MR) is 42.7 cm³/mol. The van der Waals surface area contributed by atoms with Crippen LogP contribution in [0, 0.1) is 5.92 Å². The van der Waals surface area contributed by atoms with Gasteiger partial charge in [-0.2, -0.15) is 5.10 Å². The van der Waals surface area contributed by atoms with E-state index in [1.54, 1.807) is 0 Å². The molecule has 0 aromatic carbocycles. The molecule has 2 rings (SSSR count). The Morgan fingerprint density at radius 1 is 1.70 bits per heavy atom. The van der Waals surface area contributed by atoms with E-state index < -0.39 is 0 Å². The fourth-order valence-electron chi connectivity index (χ4n) is 1.00. The number of rotatable bonds is 2. The van der Waals surface area contributed by atoms with Gasteiger partial charge in [0.15, 0.2) is 0 Å². The smallest absolute Gasteiger partial charge is 0.128 e. The predicted octanol–water partition coefficient (Wildman–Crippen LogP) is 2.06. The number of aromatic nitrogens is 2. The van der Waals surface area contributed by atoms with E-state index in [9.17, 15) is 0 Å². The molecule has 1 saturated carbocycles. The molecule has 0 N–H and O–H groups in total. The quantitative estimate of drug-likeness (QED) is 0.715. The molecule has 2 nitrogen and oxygen atoms in total. The fourth-order valence-corrected chi connectivity index (χ4v) is 1.33. The minimum atomic E-state index is 0.909. The summed E-state index contributed by atoms with van der Waals surface area (Å²) in [5.41, 5.74) is 0. The summed E-state index contributed by atoms with van der Waals surface area (Å²) < 4.78 is 2.94. The van der Waals surface area contributed by atoms with E-state index in [-0.39, 0.29) is 0 Å². The van der Waals surface area contributed by atoms with Crippen LogP contribution in [-0.2, 0) is 6.54 Å². The van der Waals surface area contributed by atoms with Gasteiger partial charge in [-0.25, -0.2) is 0 Å². The largest absolute Gasteiger partial charge is 0.271 e. The zero-order chi connectivity index (χ0) is 6.97. The van der Waals surface area contributed by atoms with Crippen LogP contribution in [0.15, 0.2) is 16.9 Å². The average Bonchev–Trinajstić information content (AvgIpc) is 2.59. The summed E-state index contributed by atoms with van der Waals surface area (Å²) in [7, 11) is 0. The summed E-state index contributed by atoms with van der Waals surface area (Å²) in [6.45, 7) is 1.10. The van der Waals surface area contributed by atoms with E-state index in [0.29, 0.717) is 0 Å². The number of halogens is 1. The molecule has 0 radical (unpaired) electrons. The van der Waals surface area contributed by atoms with Gasteiger partial charge in [-0.05, 0) is 40.8 Å². The maximum Gasteiger partial charge on any atom is 0.128 e.